The molecule has 0 fully saturated rings. The van der Waals surface area contributed by atoms with Crippen molar-refractivity contribution in [3.63, 3.8) is 0 Å². The van der Waals surface area contributed by atoms with Crippen molar-refractivity contribution < 1.29 is 4.79 Å². The molecule has 1 unspecified atom stereocenters. The summed E-state index contributed by atoms with van der Waals surface area (Å²) in [6, 6.07) is -0.126. The van der Waals surface area contributed by atoms with Gasteiger partial charge in [0.25, 0.3) is 5.91 Å². The minimum atomic E-state index is -0.229. The molecule has 2 aromatic heterocycles. The maximum absolute atomic E-state index is 12.1. The average Bonchev–Trinajstić information content (AvgIpc) is 2.63. The largest absolute Gasteiger partial charge is 0.344 e. The topological polar surface area (TPSA) is 72.7 Å². The number of aromatic nitrogens is 4. The third-order valence-corrected chi connectivity index (χ3v) is 3.36. The number of aryl methyl sites for hydroxylation is 3. The van der Waals surface area contributed by atoms with E-state index in [9.17, 15) is 4.79 Å². The molecule has 1 amide bonds. The Balaban J connectivity index is 2.17. The van der Waals surface area contributed by atoms with Crippen LogP contribution in [0.4, 0.5) is 0 Å². The van der Waals surface area contributed by atoms with Gasteiger partial charge >= 0.3 is 0 Å². The molecule has 6 nitrogen and oxygen atoms in total. The molecule has 2 rings (SSSR count). The van der Waals surface area contributed by atoms with Crippen molar-refractivity contribution in [2.75, 3.05) is 0 Å². The zero-order valence-corrected chi connectivity index (χ0v) is 12.4. The Kier molecular flexibility index (Phi) is 3.83. The number of carbonyl (C=O) groups is 1. The molecule has 0 aliphatic rings. The predicted octanol–water partition coefficient (Wildman–Crippen LogP) is 1.63. The molecule has 106 valence electrons. The Morgan fingerprint density at radius 2 is 1.95 bits per heavy atom. The summed E-state index contributed by atoms with van der Waals surface area (Å²) in [5.74, 6) is -0.229. The van der Waals surface area contributed by atoms with Crippen molar-refractivity contribution in [2.45, 2.75) is 33.7 Å². The quantitative estimate of drug-likeness (QED) is 0.922. The lowest BCUT2D eigenvalue weighted by molar-refractivity contribution is 0.0934. The number of nitrogens with zero attached hydrogens (tertiary/aromatic N) is 4. The third kappa shape index (κ3) is 2.68. The molecule has 0 bridgehead atoms. The monoisotopic (exact) mass is 273 g/mol. The number of rotatable bonds is 3. The summed E-state index contributed by atoms with van der Waals surface area (Å²) < 4.78 is 1.82. The van der Waals surface area contributed by atoms with Crippen LogP contribution in [0.25, 0.3) is 0 Å². The van der Waals surface area contributed by atoms with Crippen molar-refractivity contribution in [1.82, 2.24) is 25.1 Å². The lowest BCUT2D eigenvalue weighted by Crippen LogP contribution is -2.28. The van der Waals surface area contributed by atoms with Gasteiger partial charge in [-0.25, -0.2) is 4.98 Å². The Labute approximate surface area is 118 Å². The highest BCUT2D eigenvalue weighted by atomic mass is 16.1. The molecular formula is C14H19N5O. The summed E-state index contributed by atoms with van der Waals surface area (Å²) in [5.41, 5.74) is 4.12. The Bertz CT molecular complexity index is 630. The SMILES string of the molecule is Cc1cnc(C(=O)NC(C)c2c(C)nn(C)c2C)cn1. The number of amides is 1. The zero-order valence-electron chi connectivity index (χ0n) is 12.4. The van der Waals surface area contributed by atoms with E-state index in [4.69, 9.17) is 0 Å². The van der Waals surface area contributed by atoms with Gasteiger partial charge in [0, 0.05) is 24.5 Å². The van der Waals surface area contributed by atoms with Crippen molar-refractivity contribution in [1.29, 1.82) is 0 Å². The van der Waals surface area contributed by atoms with Crippen LogP contribution >= 0.6 is 0 Å². The van der Waals surface area contributed by atoms with Crippen LogP contribution in [-0.4, -0.2) is 25.7 Å². The van der Waals surface area contributed by atoms with Gasteiger partial charge in [-0.1, -0.05) is 0 Å². The standard InChI is InChI=1S/C14H19N5O/c1-8-6-16-12(7-15-8)14(20)17-9(2)13-10(3)18-19(5)11(13)4/h6-7,9H,1-5H3,(H,17,20). The van der Waals surface area contributed by atoms with E-state index < -0.39 is 0 Å². The van der Waals surface area contributed by atoms with Gasteiger partial charge < -0.3 is 5.32 Å². The lowest BCUT2D eigenvalue weighted by atomic mass is 10.1. The van der Waals surface area contributed by atoms with Crippen LogP contribution in [0.2, 0.25) is 0 Å². The van der Waals surface area contributed by atoms with Gasteiger partial charge in [0.05, 0.1) is 23.6 Å². The van der Waals surface area contributed by atoms with Gasteiger partial charge in [-0.05, 0) is 27.7 Å². The Morgan fingerprint density at radius 1 is 1.25 bits per heavy atom. The fourth-order valence-corrected chi connectivity index (χ4v) is 2.27. The highest BCUT2D eigenvalue weighted by Gasteiger charge is 2.19. The van der Waals surface area contributed by atoms with Crippen LogP contribution in [0, 0.1) is 20.8 Å². The molecule has 0 aliphatic heterocycles. The molecule has 0 aromatic carbocycles. The Morgan fingerprint density at radius 3 is 2.45 bits per heavy atom. The molecule has 0 aliphatic carbocycles. The molecule has 1 N–H and O–H groups in total. The molecular weight excluding hydrogens is 254 g/mol. The fourth-order valence-electron chi connectivity index (χ4n) is 2.27. The second kappa shape index (κ2) is 5.40. The first-order valence-corrected chi connectivity index (χ1v) is 6.49. The minimum absolute atomic E-state index is 0.126. The van der Waals surface area contributed by atoms with Gasteiger partial charge in [-0.15, -0.1) is 0 Å². The third-order valence-electron chi connectivity index (χ3n) is 3.36. The first-order valence-electron chi connectivity index (χ1n) is 6.49. The maximum atomic E-state index is 12.1. The zero-order chi connectivity index (χ0) is 14.9. The molecule has 0 saturated carbocycles. The molecule has 1 atom stereocenters. The molecule has 20 heavy (non-hydrogen) atoms. The van der Waals surface area contributed by atoms with Crippen molar-refractivity contribution in [3.8, 4) is 0 Å². The van der Waals surface area contributed by atoms with Gasteiger partial charge in [0.2, 0.25) is 0 Å². The summed E-state index contributed by atoms with van der Waals surface area (Å²) in [5, 5.41) is 7.29. The minimum Gasteiger partial charge on any atom is -0.344 e. The molecule has 0 saturated heterocycles. The van der Waals surface area contributed by atoms with Gasteiger partial charge in [-0.2, -0.15) is 5.10 Å². The molecule has 2 aromatic rings. The molecule has 6 heteroatoms. The normalized spacial score (nSPS) is 12.2. The summed E-state index contributed by atoms with van der Waals surface area (Å²) >= 11 is 0. The summed E-state index contributed by atoms with van der Waals surface area (Å²) in [7, 11) is 1.89. The summed E-state index contributed by atoms with van der Waals surface area (Å²) in [6.07, 6.45) is 3.07. The highest BCUT2D eigenvalue weighted by molar-refractivity contribution is 5.92. The summed E-state index contributed by atoms with van der Waals surface area (Å²) in [4.78, 5) is 20.3. The van der Waals surface area contributed by atoms with Crippen LogP contribution in [0.15, 0.2) is 12.4 Å². The van der Waals surface area contributed by atoms with E-state index >= 15 is 0 Å². The molecule has 0 radical (unpaired) electrons. The smallest absolute Gasteiger partial charge is 0.271 e. The second-order valence-electron chi connectivity index (χ2n) is 4.95. The van der Waals surface area contributed by atoms with E-state index in [0.29, 0.717) is 5.69 Å². The van der Waals surface area contributed by atoms with Gasteiger partial charge in [-0.3, -0.25) is 14.5 Å². The molecule has 2 heterocycles. The van der Waals surface area contributed by atoms with Crippen molar-refractivity contribution >= 4 is 5.91 Å². The predicted molar refractivity (Wildman–Crippen MR) is 75.3 cm³/mol. The van der Waals surface area contributed by atoms with Crippen LogP contribution < -0.4 is 5.32 Å². The fraction of sp³-hybridized carbons (Fsp3) is 0.429. The van der Waals surface area contributed by atoms with Crippen molar-refractivity contribution in [3.05, 3.63) is 40.7 Å². The first-order chi connectivity index (χ1) is 9.40. The molecule has 0 spiro atoms. The van der Waals surface area contributed by atoms with E-state index in [1.165, 1.54) is 6.20 Å². The summed E-state index contributed by atoms with van der Waals surface area (Å²) in [6.45, 7) is 7.70. The Hall–Kier alpha value is -2.24. The van der Waals surface area contributed by atoms with E-state index in [2.05, 4.69) is 20.4 Å². The van der Waals surface area contributed by atoms with E-state index in [-0.39, 0.29) is 11.9 Å². The number of nitrogens with one attached hydrogen (secondary N) is 1. The van der Waals surface area contributed by atoms with E-state index in [1.54, 1.807) is 6.20 Å². The van der Waals surface area contributed by atoms with E-state index in [1.807, 2.05) is 39.4 Å². The number of hydrogen-bond donors (Lipinski definition) is 1. The van der Waals surface area contributed by atoms with Gasteiger partial charge in [0.1, 0.15) is 5.69 Å². The average molecular weight is 273 g/mol. The van der Waals surface area contributed by atoms with Gasteiger partial charge in [0.15, 0.2) is 0 Å². The maximum Gasteiger partial charge on any atom is 0.271 e. The number of hydrogen-bond acceptors (Lipinski definition) is 4. The number of carbonyl (C=O) groups excluding carboxylic acids is 1. The van der Waals surface area contributed by atoms with Crippen LogP contribution in [0.1, 0.15) is 46.1 Å². The first kappa shape index (κ1) is 14.2. The second-order valence-corrected chi connectivity index (χ2v) is 4.95. The van der Waals surface area contributed by atoms with Crippen LogP contribution in [0.5, 0.6) is 0 Å². The van der Waals surface area contributed by atoms with E-state index in [0.717, 1.165) is 22.6 Å². The van der Waals surface area contributed by atoms with Crippen LogP contribution in [0.3, 0.4) is 0 Å². The van der Waals surface area contributed by atoms with Crippen molar-refractivity contribution in [2.24, 2.45) is 7.05 Å². The van der Waals surface area contributed by atoms with Crippen LogP contribution in [-0.2, 0) is 7.05 Å². The highest BCUT2D eigenvalue weighted by Crippen LogP contribution is 2.20. The lowest BCUT2D eigenvalue weighted by Gasteiger charge is -2.14.